The van der Waals surface area contributed by atoms with E-state index < -0.39 is 32.0 Å². The molecule has 33 heavy (non-hydrogen) atoms. The number of hydrogen-bond acceptors (Lipinski definition) is 7. The van der Waals surface area contributed by atoms with Crippen LogP contribution in [0.25, 0.3) is 0 Å². The summed E-state index contributed by atoms with van der Waals surface area (Å²) in [6.07, 6.45) is 0. The number of carbonyl (C=O) groups excluding carboxylic acids is 2. The smallest absolute Gasteiger partial charge is 0.242 e. The molecule has 1 atom stereocenters. The fourth-order valence-corrected chi connectivity index (χ4v) is 4.47. The average molecular weight is 499 g/mol. The Morgan fingerprint density at radius 3 is 2.12 bits per heavy atom. The molecule has 0 spiro atoms. The van der Waals surface area contributed by atoms with Crippen molar-refractivity contribution in [1.29, 1.82) is 0 Å². The van der Waals surface area contributed by atoms with E-state index in [1.165, 1.54) is 70.3 Å². The van der Waals surface area contributed by atoms with Gasteiger partial charge in [0.2, 0.25) is 31.9 Å². The molecular formula is C20H26N4O7S2. The molecule has 2 aromatic rings. The van der Waals surface area contributed by atoms with Crippen LogP contribution in [0.15, 0.2) is 47.4 Å². The number of anilines is 3. The minimum absolute atomic E-state index is 0.0783. The van der Waals surface area contributed by atoms with Gasteiger partial charge in [0, 0.05) is 24.4 Å². The Labute approximate surface area is 193 Å². The summed E-state index contributed by atoms with van der Waals surface area (Å²) < 4.78 is 58.6. The van der Waals surface area contributed by atoms with Gasteiger partial charge in [-0.05, 0) is 50.2 Å². The zero-order valence-corrected chi connectivity index (χ0v) is 20.1. The van der Waals surface area contributed by atoms with Gasteiger partial charge in [0.25, 0.3) is 0 Å². The highest BCUT2D eigenvalue weighted by atomic mass is 32.2. The van der Waals surface area contributed by atoms with Gasteiger partial charge in [-0.3, -0.25) is 14.3 Å². The summed E-state index contributed by atoms with van der Waals surface area (Å²) in [6.45, 7) is 4.20. The standard InChI is InChI=1S/C20H26N4O7S2/c1-5-32(27,28)24-18-11-8-16(12-19(18)31-4)22-20(26)13(2)23-33(29,30)17-9-6-15(7-10-17)21-14(3)25/h6-13,23-24H,5H2,1-4H3,(H,21,25)(H,22,26)/t13-/m0/s1. The summed E-state index contributed by atoms with van der Waals surface area (Å²) in [5, 5.41) is 5.09. The number of hydrogen-bond donors (Lipinski definition) is 4. The molecule has 0 saturated carbocycles. The van der Waals surface area contributed by atoms with Crippen LogP contribution in [0.3, 0.4) is 0 Å². The molecule has 0 bridgehead atoms. The molecule has 0 aliphatic rings. The van der Waals surface area contributed by atoms with Crippen LogP contribution in [-0.2, 0) is 29.6 Å². The molecule has 0 aliphatic carbocycles. The van der Waals surface area contributed by atoms with Gasteiger partial charge in [0.05, 0.1) is 29.5 Å². The van der Waals surface area contributed by atoms with E-state index in [9.17, 15) is 26.4 Å². The van der Waals surface area contributed by atoms with E-state index in [-0.39, 0.29) is 33.7 Å². The van der Waals surface area contributed by atoms with E-state index in [1.807, 2.05) is 0 Å². The predicted molar refractivity (Wildman–Crippen MR) is 125 cm³/mol. The first-order valence-corrected chi connectivity index (χ1v) is 12.9. The van der Waals surface area contributed by atoms with Gasteiger partial charge >= 0.3 is 0 Å². The molecule has 0 heterocycles. The SMILES string of the molecule is CCS(=O)(=O)Nc1ccc(NC(=O)[C@H](C)NS(=O)(=O)c2ccc(NC(C)=O)cc2)cc1OC. The second kappa shape index (κ2) is 10.6. The number of ether oxygens (including phenoxy) is 1. The van der Waals surface area contributed by atoms with Crippen LogP contribution in [0.2, 0.25) is 0 Å². The molecule has 11 nitrogen and oxygen atoms in total. The van der Waals surface area contributed by atoms with Crippen LogP contribution >= 0.6 is 0 Å². The zero-order valence-electron chi connectivity index (χ0n) is 18.5. The quantitative estimate of drug-likeness (QED) is 0.388. The van der Waals surface area contributed by atoms with Crippen LogP contribution in [0, 0.1) is 0 Å². The minimum Gasteiger partial charge on any atom is -0.494 e. The van der Waals surface area contributed by atoms with Crippen LogP contribution in [0.4, 0.5) is 17.1 Å². The fraction of sp³-hybridized carbons (Fsp3) is 0.300. The van der Waals surface area contributed by atoms with Crippen molar-refractivity contribution in [2.75, 3.05) is 28.2 Å². The van der Waals surface area contributed by atoms with E-state index in [1.54, 1.807) is 0 Å². The van der Waals surface area contributed by atoms with Crippen LogP contribution in [0.5, 0.6) is 5.75 Å². The fourth-order valence-electron chi connectivity index (χ4n) is 2.62. The van der Waals surface area contributed by atoms with Gasteiger partial charge < -0.3 is 15.4 Å². The monoisotopic (exact) mass is 498 g/mol. The summed E-state index contributed by atoms with van der Waals surface area (Å²) in [5.41, 5.74) is 0.918. The Morgan fingerprint density at radius 1 is 0.970 bits per heavy atom. The lowest BCUT2D eigenvalue weighted by Crippen LogP contribution is -2.41. The molecule has 0 radical (unpaired) electrons. The molecule has 0 saturated heterocycles. The maximum Gasteiger partial charge on any atom is 0.242 e. The maximum absolute atomic E-state index is 12.6. The largest absolute Gasteiger partial charge is 0.494 e. The van der Waals surface area contributed by atoms with Crippen molar-refractivity contribution in [1.82, 2.24) is 4.72 Å². The molecule has 0 unspecified atom stereocenters. The highest BCUT2D eigenvalue weighted by Gasteiger charge is 2.22. The van der Waals surface area contributed by atoms with Gasteiger partial charge in [0.15, 0.2) is 0 Å². The third-order valence-corrected chi connectivity index (χ3v) is 7.17. The first kappa shape index (κ1) is 26.1. The average Bonchev–Trinajstić information content (AvgIpc) is 2.74. The summed E-state index contributed by atoms with van der Waals surface area (Å²) >= 11 is 0. The summed E-state index contributed by atoms with van der Waals surface area (Å²) in [5.74, 6) is -0.876. The molecule has 2 amide bonds. The zero-order chi connectivity index (χ0) is 24.8. The normalized spacial score (nSPS) is 12.5. The third-order valence-electron chi connectivity index (χ3n) is 4.32. The van der Waals surface area contributed by atoms with Gasteiger partial charge in [-0.15, -0.1) is 0 Å². The number of rotatable bonds is 10. The van der Waals surface area contributed by atoms with Crippen molar-refractivity contribution in [2.24, 2.45) is 0 Å². The molecule has 0 fully saturated rings. The Hall–Kier alpha value is -3.16. The van der Waals surface area contributed by atoms with E-state index in [2.05, 4.69) is 20.1 Å². The second-order valence-corrected chi connectivity index (χ2v) is 10.7. The van der Waals surface area contributed by atoms with Gasteiger partial charge in [-0.1, -0.05) is 0 Å². The first-order valence-electron chi connectivity index (χ1n) is 9.76. The Kier molecular flexibility index (Phi) is 8.41. The number of amides is 2. The molecule has 2 rings (SSSR count). The number of benzene rings is 2. The van der Waals surface area contributed by atoms with Crippen molar-refractivity contribution >= 4 is 48.9 Å². The highest BCUT2D eigenvalue weighted by molar-refractivity contribution is 7.92. The Morgan fingerprint density at radius 2 is 1.58 bits per heavy atom. The number of methoxy groups -OCH3 is 1. The van der Waals surface area contributed by atoms with E-state index >= 15 is 0 Å². The molecule has 0 aromatic heterocycles. The van der Waals surface area contributed by atoms with Crippen LogP contribution in [0.1, 0.15) is 20.8 Å². The predicted octanol–water partition coefficient (Wildman–Crippen LogP) is 1.72. The Balaban J connectivity index is 2.09. The molecule has 4 N–H and O–H groups in total. The van der Waals surface area contributed by atoms with Crippen molar-refractivity contribution < 1.29 is 31.2 Å². The first-order chi connectivity index (χ1) is 15.4. The number of sulfonamides is 2. The highest BCUT2D eigenvalue weighted by Crippen LogP contribution is 2.29. The lowest BCUT2D eigenvalue weighted by molar-refractivity contribution is -0.117. The van der Waals surface area contributed by atoms with Crippen molar-refractivity contribution in [3.05, 3.63) is 42.5 Å². The van der Waals surface area contributed by atoms with Crippen molar-refractivity contribution in [2.45, 2.75) is 31.7 Å². The molecule has 13 heteroatoms. The van der Waals surface area contributed by atoms with Crippen molar-refractivity contribution in [3.8, 4) is 5.75 Å². The topological polar surface area (TPSA) is 160 Å². The number of nitrogens with one attached hydrogen (secondary N) is 4. The van der Waals surface area contributed by atoms with E-state index in [0.29, 0.717) is 5.69 Å². The van der Waals surface area contributed by atoms with E-state index in [0.717, 1.165) is 0 Å². The van der Waals surface area contributed by atoms with Crippen LogP contribution in [-0.4, -0.2) is 47.6 Å². The second-order valence-electron chi connectivity index (χ2n) is 6.96. The van der Waals surface area contributed by atoms with Gasteiger partial charge in [0.1, 0.15) is 5.75 Å². The minimum atomic E-state index is -4.01. The van der Waals surface area contributed by atoms with E-state index in [4.69, 9.17) is 4.74 Å². The third kappa shape index (κ3) is 7.44. The number of carbonyl (C=O) groups is 2. The lowest BCUT2D eigenvalue weighted by Gasteiger charge is -2.16. The van der Waals surface area contributed by atoms with Crippen LogP contribution < -0.4 is 24.8 Å². The maximum atomic E-state index is 12.6. The van der Waals surface area contributed by atoms with Crippen molar-refractivity contribution in [3.63, 3.8) is 0 Å². The molecule has 0 aliphatic heterocycles. The Bertz CT molecular complexity index is 1230. The summed E-state index contributed by atoms with van der Waals surface area (Å²) in [4.78, 5) is 23.5. The molecule has 2 aromatic carbocycles. The van der Waals surface area contributed by atoms with Gasteiger partial charge in [-0.25, -0.2) is 16.8 Å². The molecule has 180 valence electrons. The molecular weight excluding hydrogens is 472 g/mol. The van der Waals surface area contributed by atoms with Gasteiger partial charge in [-0.2, -0.15) is 4.72 Å². The summed E-state index contributed by atoms with van der Waals surface area (Å²) in [7, 11) is -6.19. The lowest BCUT2D eigenvalue weighted by atomic mass is 10.2. The summed E-state index contributed by atoms with van der Waals surface area (Å²) in [6, 6.07) is 8.63.